The zero-order valence-corrected chi connectivity index (χ0v) is 7.41. The van der Waals surface area contributed by atoms with E-state index >= 15 is 0 Å². The van der Waals surface area contributed by atoms with Gasteiger partial charge in [-0.25, -0.2) is 0 Å². The summed E-state index contributed by atoms with van der Waals surface area (Å²) in [6.07, 6.45) is -0.0606. The van der Waals surface area contributed by atoms with Crippen LogP contribution < -0.4 is 5.32 Å². The van der Waals surface area contributed by atoms with Gasteiger partial charge in [0.15, 0.2) is 0 Å². The quantitative estimate of drug-likeness (QED) is 0.605. The Hall–Kier alpha value is -0.00364. The molecule has 1 rings (SSSR count). The van der Waals surface area contributed by atoms with Crippen LogP contribution >= 0.6 is 0 Å². The van der Waals surface area contributed by atoms with Crippen LogP contribution in [0.3, 0.4) is 0 Å². The Bertz CT molecular complexity index is 311. The van der Waals surface area contributed by atoms with E-state index in [1.54, 1.807) is 12.1 Å². The molecule has 1 N–H and O–H groups in total. The number of hydrogen-bond acceptors (Lipinski definition) is 2. The molecule has 0 spiro atoms. The van der Waals surface area contributed by atoms with Crippen LogP contribution in [0.25, 0.3) is 0 Å². The Morgan fingerprint density at radius 3 is 2.29 bits per heavy atom. The summed E-state index contributed by atoms with van der Waals surface area (Å²) in [6.45, 7) is 1.39. The third-order valence-corrected chi connectivity index (χ3v) is 1.47. The Morgan fingerprint density at radius 1 is 1.21 bits per heavy atom. The molecule has 70 valence electrons. The molecule has 0 saturated heterocycles. The Balaban J connectivity index is 0.00000169. The van der Waals surface area contributed by atoms with Gasteiger partial charge in [-0.2, -0.15) is 0 Å². The molecule has 0 bridgehead atoms. The fourth-order valence-electron chi connectivity index (χ4n) is 0.953. The van der Waals surface area contributed by atoms with Gasteiger partial charge in [0.05, 0.1) is 6.42 Å². The zero-order valence-electron chi connectivity index (χ0n) is 7.41. The number of benzene rings is 1. The van der Waals surface area contributed by atoms with E-state index in [1.807, 2.05) is 18.2 Å². The van der Waals surface area contributed by atoms with Crippen molar-refractivity contribution in [3.63, 3.8) is 0 Å². The van der Waals surface area contributed by atoms with E-state index in [1.165, 1.54) is 6.92 Å². The number of rotatable bonds is 3. The number of amides is 1. The van der Waals surface area contributed by atoms with Crippen molar-refractivity contribution in [2.75, 3.05) is 5.32 Å². The van der Waals surface area contributed by atoms with E-state index in [2.05, 4.69) is 5.32 Å². The minimum atomic E-state index is -0.265. The predicted molar refractivity (Wildman–Crippen MR) is 57.5 cm³/mol. The van der Waals surface area contributed by atoms with Crippen molar-refractivity contribution in [3.8, 4) is 0 Å². The fraction of sp³-hybridized carbons (Fsp3) is 0.200. The summed E-state index contributed by atoms with van der Waals surface area (Å²) in [6, 6.07) is 9.06. The molecule has 0 aliphatic carbocycles. The van der Waals surface area contributed by atoms with Crippen molar-refractivity contribution in [2.45, 2.75) is 13.3 Å². The molecule has 0 saturated carbocycles. The summed E-state index contributed by atoms with van der Waals surface area (Å²) >= 11 is 0. The van der Waals surface area contributed by atoms with Gasteiger partial charge >= 0.3 is 51.4 Å². The zero-order chi connectivity index (χ0) is 9.68. The van der Waals surface area contributed by atoms with Gasteiger partial charge in [-0.3, -0.25) is 9.59 Å². The summed E-state index contributed by atoms with van der Waals surface area (Å²) in [5.74, 6) is -0.396. The molecular formula is C10H12KNO2. The van der Waals surface area contributed by atoms with Crippen LogP contribution in [0.5, 0.6) is 0 Å². The number of para-hydroxylation sites is 1. The van der Waals surface area contributed by atoms with E-state index in [4.69, 9.17) is 0 Å². The van der Waals surface area contributed by atoms with Gasteiger partial charge < -0.3 is 5.32 Å². The van der Waals surface area contributed by atoms with E-state index in [0.29, 0.717) is 5.69 Å². The predicted octanol–water partition coefficient (Wildman–Crippen LogP) is 0.956. The summed E-state index contributed by atoms with van der Waals surface area (Å²) in [7, 11) is 0. The van der Waals surface area contributed by atoms with Crippen molar-refractivity contribution < 1.29 is 9.59 Å². The van der Waals surface area contributed by atoms with Crippen molar-refractivity contribution in [3.05, 3.63) is 30.3 Å². The first-order chi connectivity index (χ1) is 6.18. The number of hydrogen-bond donors (Lipinski definition) is 1. The fourth-order valence-corrected chi connectivity index (χ4v) is 0.953. The average Bonchev–Trinajstić information content (AvgIpc) is 2.04. The monoisotopic (exact) mass is 217 g/mol. The molecule has 0 aliphatic rings. The SMILES string of the molecule is CC(=O)CC(=O)Nc1ccccc1.[KH]. The molecule has 4 heteroatoms. The van der Waals surface area contributed by atoms with Crippen LogP contribution in [0.2, 0.25) is 0 Å². The second kappa shape index (κ2) is 7.31. The first-order valence-electron chi connectivity index (χ1n) is 4.03. The van der Waals surface area contributed by atoms with Crippen LogP contribution in [0.15, 0.2) is 30.3 Å². The van der Waals surface area contributed by atoms with Gasteiger partial charge in [-0.05, 0) is 19.1 Å². The second-order valence-corrected chi connectivity index (χ2v) is 2.79. The number of ketones is 1. The van der Waals surface area contributed by atoms with Gasteiger partial charge in [0, 0.05) is 5.69 Å². The summed E-state index contributed by atoms with van der Waals surface area (Å²) in [5, 5.41) is 2.61. The van der Waals surface area contributed by atoms with Crippen molar-refractivity contribution in [1.82, 2.24) is 0 Å². The maximum absolute atomic E-state index is 11.1. The molecule has 0 fully saturated rings. The van der Waals surface area contributed by atoms with Crippen LogP contribution in [0.1, 0.15) is 13.3 Å². The molecule has 0 heterocycles. The molecular weight excluding hydrogens is 205 g/mol. The molecule has 1 aromatic rings. The average molecular weight is 217 g/mol. The van der Waals surface area contributed by atoms with Crippen LogP contribution in [0, 0.1) is 0 Å². The first-order valence-corrected chi connectivity index (χ1v) is 4.03. The molecule has 0 radical (unpaired) electrons. The second-order valence-electron chi connectivity index (χ2n) is 2.79. The standard InChI is InChI=1S/C10H11NO2.K.H/c1-8(12)7-10(13)11-9-5-3-2-4-6-9;;/h2-6H,7H2,1H3,(H,11,13);;. The summed E-state index contributed by atoms with van der Waals surface area (Å²) in [5.41, 5.74) is 0.716. The normalized spacial score (nSPS) is 8.64. The van der Waals surface area contributed by atoms with Crippen molar-refractivity contribution >= 4 is 68.8 Å². The summed E-state index contributed by atoms with van der Waals surface area (Å²) < 4.78 is 0. The maximum atomic E-state index is 11.1. The van der Waals surface area contributed by atoms with Crippen molar-refractivity contribution in [1.29, 1.82) is 0 Å². The first kappa shape index (κ1) is 14.0. The van der Waals surface area contributed by atoms with Crippen LogP contribution in [0.4, 0.5) is 5.69 Å². The molecule has 14 heavy (non-hydrogen) atoms. The Morgan fingerprint density at radius 2 is 1.79 bits per heavy atom. The Labute approximate surface area is 126 Å². The minimum absolute atomic E-state index is 0. The third-order valence-electron chi connectivity index (χ3n) is 1.47. The van der Waals surface area contributed by atoms with Gasteiger partial charge in [0.2, 0.25) is 5.91 Å². The number of carbonyl (C=O) groups excluding carboxylic acids is 2. The van der Waals surface area contributed by atoms with Gasteiger partial charge in [0.1, 0.15) is 5.78 Å². The summed E-state index contributed by atoms with van der Waals surface area (Å²) in [4.78, 5) is 21.7. The van der Waals surface area contributed by atoms with Crippen LogP contribution in [-0.2, 0) is 9.59 Å². The molecule has 1 amide bonds. The molecule has 0 aromatic heterocycles. The molecule has 0 unspecified atom stereocenters. The Kier molecular flexibility index (Phi) is 7.31. The van der Waals surface area contributed by atoms with E-state index in [-0.39, 0.29) is 69.5 Å². The molecule has 0 aliphatic heterocycles. The number of carbonyl (C=O) groups is 2. The molecule has 0 atom stereocenters. The van der Waals surface area contributed by atoms with Crippen LogP contribution in [-0.4, -0.2) is 63.1 Å². The van der Waals surface area contributed by atoms with Crippen molar-refractivity contribution in [2.24, 2.45) is 0 Å². The van der Waals surface area contributed by atoms with Gasteiger partial charge in [0.25, 0.3) is 0 Å². The third kappa shape index (κ3) is 5.67. The molecule has 1 aromatic carbocycles. The van der Waals surface area contributed by atoms with E-state index in [0.717, 1.165) is 0 Å². The van der Waals surface area contributed by atoms with E-state index < -0.39 is 0 Å². The van der Waals surface area contributed by atoms with Gasteiger partial charge in [-0.1, -0.05) is 18.2 Å². The molecule has 3 nitrogen and oxygen atoms in total. The number of anilines is 1. The van der Waals surface area contributed by atoms with Gasteiger partial charge in [-0.15, -0.1) is 0 Å². The topological polar surface area (TPSA) is 46.2 Å². The number of nitrogens with one attached hydrogen (secondary N) is 1. The van der Waals surface area contributed by atoms with E-state index in [9.17, 15) is 9.59 Å². The number of Topliss-reactive ketones (excluding diaryl/α,β-unsaturated/α-hetero) is 1.